The number of halogens is 1. The number of nitrogen functional groups attached to an aromatic ring is 1. The van der Waals surface area contributed by atoms with Crippen LogP contribution in [0.4, 0.5) is 11.5 Å². The van der Waals surface area contributed by atoms with Crippen LogP contribution < -0.4 is 11.1 Å². The Morgan fingerprint density at radius 3 is 2.62 bits per heavy atom. The number of nitrogens with zero attached hydrogens (tertiary/aromatic N) is 2. The third-order valence-electron chi connectivity index (χ3n) is 4.95. The number of fused-ring (bicyclic) bond motifs is 1. The van der Waals surface area contributed by atoms with Gasteiger partial charge in [-0.05, 0) is 63.8 Å². The summed E-state index contributed by atoms with van der Waals surface area (Å²) in [5.74, 6) is 0.468. The van der Waals surface area contributed by atoms with Crippen molar-refractivity contribution in [1.29, 1.82) is 0 Å². The topological polar surface area (TPSA) is 88.3 Å². The van der Waals surface area contributed by atoms with E-state index in [-0.39, 0.29) is 4.90 Å². The lowest BCUT2D eigenvalue weighted by molar-refractivity contribution is 0.391. The Morgan fingerprint density at radius 1 is 1.07 bits per heavy atom. The molecule has 8 heteroatoms. The van der Waals surface area contributed by atoms with Gasteiger partial charge in [-0.3, -0.25) is 0 Å². The van der Waals surface area contributed by atoms with Gasteiger partial charge in [0, 0.05) is 23.2 Å². The first-order valence-corrected chi connectivity index (χ1v) is 11.5. The molecule has 0 fully saturated rings. The molecular formula is C21H21BrN4O2S. The molecule has 0 atom stereocenters. The Labute approximate surface area is 178 Å². The molecule has 29 heavy (non-hydrogen) atoms. The molecule has 0 spiro atoms. The van der Waals surface area contributed by atoms with Gasteiger partial charge in [0.15, 0.2) is 0 Å². The van der Waals surface area contributed by atoms with E-state index in [4.69, 9.17) is 5.73 Å². The van der Waals surface area contributed by atoms with Crippen LogP contribution in [-0.4, -0.2) is 24.3 Å². The van der Waals surface area contributed by atoms with Crippen LogP contribution in [0.3, 0.4) is 0 Å². The highest BCUT2D eigenvalue weighted by atomic mass is 79.9. The maximum atomic E-state index is 13.2. The summed E-state index contributed by atoms with van der Waals surface area (Å²) in [5, 5.41) is 3.24. The predicted octanol–water partition coefficient (Wildman–Crippen LogP) is 3.79. The Kier molecular flexibility index (Phi) is 5.58. The average molecular weight is 473 g/mol. The lowest BCUT2D eigenvalue weighted by Crippen LogP contribution is -2.36. The standard InChI is InChI=1S/C21H21BrN4O2S/c22-19-12-17(24-13-18-6-3-7-21(23)25-18)8-9-20(19)29(27,28)26-11-10-15-4-1-2-5-16(15)14-26/h1-9,12,24H,10-11,13-14H2,(H2,23,25). The van der Waals surface area contributed by atoms with Crippen LogP contribution in [0.25, 0.3) is 0 Å². The summed E-state index contributed by atoms with van der Waals surface area (Å²) in [7, 11) is -3.60. The molecule has 1 aliphatic rings. The average Bonchev–Trinajstić information content (AvgIpc) is 2.72. The highest BCUT2D eigenvalue weighted by Gasteiger charge is 2.29. The molecule has 0 saturated carbocycles. The third-order valence-corrected chi connectivity index (χ3v) is 7.77. The van der Waals surface area contributed by atoms with E-state index >= 15 is 0 Å². The molecule has 0 bridgehead atoms. The number of hydrogen-bond acceptors (Lipinski definition) is 5. The number of nitrogens with two attached hydrogens (primary N) is 1. The summed E-state index contributed by atoms with van der Waals surface area (Å²) >= 11 is 3.44. The summed E-state index contributed by atoms with van der Waals surface area (Å²) < 4.78 is 28.5. The summed E-state index contributed by atoms with van der Waals surface area (Å²) in [6.45, 7) is 1.37. The molecule has 1 aromatic heterocycles. The molecule has 2 aromatic carbocycles. The van der Waals surface area contributed by atoms with Crippen molar-refractivity contribution < 1.29 is 8.42 Å². The molecule has 4 rings (SSSR count). The van der Waals surface area contributed by atoms with Crippen LogP contribution in [-0.2, 0) is 29.5 Å². The summed E-state index contributed by atoms with van der Waals surface area (Å²) in [6.07, 6.45) is 0.722. The predicted molar refractivity (Wildman–Crippen MR) is 118 cm³/mol. The quantitative estimate of drug-likeness (QED) is 0.589. The molecular weight excluding hydrogens is 452 g/mol. The van der Waals surface area contributed by atoms with Gasteiger partial charge in [0.25, 0.3) is 0 Å². The van der Waals surface area contributed by atoms with Crippen LogP contribution in [0.15, 0.2) is 70.0 Å². The van der Waals surface area contributed by atoms with Crippen molar-refractivity contribution in [1.82, 2.24) is 9.29 Å². The Bertz CT molecular complexity index is 1150. The molecule has 1 aliphatic heterocycles. The zero-order chi connectivity index (χ0) is 20.4. The van der Waals surface area contributed by atoms with E-state index in [1.165, 1.54) is 5.56 Å². The van der Waals surface area contributed by atoms with E-state index < -0.39 is 10.0 Å². The van der Waals surface area contributed by atoms with E-state index in [0.717, 1.165) is 23.4 Å². The number of sulfonamides is 1. The lowest BCUT2D eigenvalue weighted by Gasteiger charge is -2.28. The van der Waals surface area contributed by atoms with Crippen LogP contribution in [0.5, 0.6) is 0 Å². The highest BCUT2D eigenvalue weighted by Crippen LogP contribution is 2.31. The molecule has 3 aromatic rings. The minimum Gasteiger partial charge on any atom is -0.384 e. The van der Waals surface area contributed by atoms with Gasteiger partial charge in [0.05, 0.1) is 17.1 Å². The molecule has 0 unspecified atom stereocenters. The van der Waals surface area contributed by atoms with Crippen molar-refractivity contribution in [3.05, 3.63) is 82.0 Å². The van der Waals surface area contributed by atoms with E-state index in [2.05, 4.69) is 32.3 Å². The fourth-order valence-electron chi connectivity index (χ4n) is 3.42. The molecule has 150 valence electrons. The number of aromatic nitrogens is 1. The fourth-order valence-corrected chi connectivity index (χ4v) is 5.88. The maximum Gasteiger partial charge on any atom is 0.244 e. The Hall–Kier alpha value is -2.42. The van der Waals surface area contributed by atoms with Crippen molar-refractivity contribution in [3.63, 3.8) is 0 Å². The first-order chi connectivity index (χ1) is 13.9. The first-order valence-electron chi connectivity index (χ1n) is 9.25. The lowest BCUT2D eigenvalue weighted by atomic mass is 10.0. The number of benzene rings is 2. The fraction of sp³-hybridized carbons (Fsp3) is 0.190. The smallest absolute Gasteiger partial charge is 0.244 e. The van der Waals surface area contributed by atoms with Crippen LogP contribution >= 0.6 is 15.9 Å². The third kappa shape index (κ3) is 4.29. The van der Waals surface area contributed by atoms with Crippen LogP contribution in [0, 0.1) is 0 Å². The minimum atomic E-state index is -3.60. The van der Waals surface area contributed by atoms with Gasteiger partial charge in [-0.15, -0.1) is 0 Å². The van der Waals surface area contributed by atoms with E-state index in [0.29, 0.717) is 29.9 Å². The van der Waals surface area contributed by atoms with Gasteiger partial charge < -0.3 is 11.1 Å². The SMILES string of the molecule is Nc1cccc(CNc2ccc(S(=O)(=O)N3CCc4ccccc4C3)c(Br)c2)n1. The normalized spacial score (nSPS) is 14.4. The highest BCUT2D eigenvalue weighted by molar-refractivity contribution is 9.10. The van der Waals surface area contributed by atoms with Crippen LogP contribution in [0.2, 0.25) is 0 Å². The zero-order valence-electron chi connectivity index (χ0n) is 15.7. The van der Waals surface area contributed by atoms with Crippen molar-refractivity contribution in [3.8, 4) is 0 Å². The van der Waals surface area contributed by atoms with E-state index in [1.807, 2.05) is 30.3 Å². The second-order valence-corrected chi connectivity index (χ2v) is 9.67. The molecule has 0 radical (unpaired) electrons. The second-order valence-electron chi connectivity index (χ2n) is 6.91. The molecule has 3 N–H and O–H groups in total. The zero-order valence-corrected chi connectivity index (χ0v) is 18.1. The van der Waals surface area contributed by atoms with Gasteiger partial charge in [-0.25, -0.2) is 13.4 Å². The summed E-state index contributed by atoms with van der Waals surface area (Å²) in [5.41, 5.74) is 9.58. The number of rotatable bonds is 5. The van der Waals surface area contributed by atoms with Crippen molar-refractivity contribution in [2.24, 2.45) is 0 Å². The van der Waals surface area contributed by atoms with Crippen LogP contribution in [0.1, 0.15) is 16.8 Å². The summed E-state index contributed by atoms with van der Waals surface area (Å²) in [6, 6.07) is 18.6. The van der Waals surface area contributed by atoms with Crippen molar-refractivity contribution in [2.45, 2.75) is 24.4 Å². The molecule has 0 amide bonds. The Morgan fingerprint density at radius 2 is 1.86 bits per heavy atom. The maximum absolute atomic E-state index is 13.2. The van der Waals surface area contributed by atoms with Gasteiger partial charge in [-0.1, -0.05) is 30.3 Å². The monoisotopic (exact) mass is 472 g/mol. The van der Waals surface area contributed by atoms with E-state index in [1.54, 1.807) is 28.6 Å². The van der Waals surface area contributed by atoms with Crippen molar-refractivity contribution >= 4 is 37.5 Å². The molecule has 2 heterocycles. The van der Waals surface area contributed by atoms with E-state index in [9.17, 15) is 8.42 Å². The van der Waals surface area contributed by atoms with Gasteiger partial charge in [0.2, 0.25) is 10.0 Å². The molecule has 6 nitrogen and oxygen atoms in total. The number of anilines is 2. The molecule has 0 aliphatic carbocycles. The Balaban J connectivity index is 1.51. The van der Waals surface area contributed by atoms with Crippen molar-refractivity contribution in [2.75, 3.05) is 17.6 Å². The first kappa shape index (κ1) is 19.9. The minimum absolute atomic E-state index is 0.268. The number of pyridine rings is 1. The second kappa shape index (κ2) is 8.14. The summed E-state index contributed by atoms with van der Waals surface area (Å²) in [4.78, 5) is 4.52. The number of nitrogens with one attached hydrogen (secondary N) is 1. The van der Waals surface area contributed by atoms with Gasteiger partial charge in [-0.2, -0.15) is 4.31 Å². The number of hydrogen-bond donors (Lipinski definition) is 2. The largest absolute Gasteiger partial charge is 0.384 e. The molecule has 0 saturated heterocycles. The van der Waals surface area contributed by atoms with Gasteiger partial charge >= 0.3 is 0 Å². The van der Waals surface area contributed by atoms with Gasteiger partial charge in [0.1, 0.15) is 5.82 Å².